The van der Waals surface area contributed by atoms with Gasteiger partial charge in [-0.1, -0.05) is 18.2 Å². The van der Waals surface area contributed by atoms with Crippen molar-refractivity contribution in [1.82, 2.24) is 0 Å². The highest BCUT2D eigenvalue weighted by Gasteiger charge is 2.50. The number of benzene rings is 1. The highest BCUT2D eigenvalue weighted by atomic mass is 16.7. The van der Waals surface area contributed by atoms with Crippen molar-refractivity contribution in [2.45, 2.75) is 30.6 Å². The SMILES string of the molecule is N[C@H]1[C@H](O)[C@@H](Oc2ccccc2)[C@@H]2OC[C@H]1O2. The number of aliphatic hydroxyl groups is 1. The molecule has 1 aromatic carbocycles. The first kappa shape index (κ1) is 11.0. The van der Waals surface area contributed by atoms with E-state index in [1.54, 1.807) is 0 Å². The van der Waals surface area contributed by atoms with E-state index in [1.165, 1.54) is 0 Å². The molecular weight excluding hydrogens is 222 g/mol. The molecule has 2 bridgehead atoms. The van der Waals surface area contributed by atoms with Gasteiger partial charge in [0.05, 0.1) is 12.6 Å². The summed E-state index contributed by atoms with van der Waals surface area (Å²) in [6.07, 6.45) is -2.12. The monoisotopic (exact) mass is 237 g/mol. The number of hydrogen-bond donors (Lipinski definition) is 2. The van der Waals surface area contributed by atoms with Gasteiger partial charge in [-0.15, -0.1) is 0 Å². The highest BCUT2D eigenvalue weighted by molar-refractivity contribution is 5.22. The van der Waals surface area contributed by atoms with E-state index in [4.69, 9.17) is 19.9 Å². The summed E-state index contributed by atoms with van der Waals surface area (Å²) in [5.41, 5.74) is 5.87. The summed E-state index contributed by atoms with van der Waals surface area (Å²) in [7, 11) is 0. The summed E-state index contributed by atoms with van der Waals surface area (Å²) >= 11 is 0. The maximum absolute atomic E-state index is 10.1. The Balaban J connectivity index is 1.78. The average Bonchev–Trinajstić information content (AvgIpc) is 2.80. The van der Waals surface area contributed by atoms with Crippen molar-refractivity contribution < 1.29 is 19.3 Å². The van der Waals surface area contributed by atoms with Crippen LogP contribution in [0.1, 0.15) is 0 Å². The van der Waals surface area contributed by atoms with Crippen LogP contribution in [0.25, 0.3) is 0 Å². The molecular formula is C12H15NO4. The van der Waals surface area contributed by atoms with Gasteiger partial charge >= 0.3 is 0 Å². The minimum Gasteiger partial charge on any atom is -0.482 e. The maximum Gasteiger partial charge on any atom is 0.197 e. The van der Waals surface area contributed by atoms with Crippen LogP contribution in [0.5, 0.6) is 5.75 Å². The van der Waals surface area contributed by atoms with Gasteiger partial charge in [-0.05, 0) is 12.1 Å². The van der Waals surface area contributed by atoms with E-state index in [0.717, 1.165) is 0 Å². The molecule has 3 rings (SSSR count). The smallest absolute Gasteiger partial charge is 0.197 e. The van der Waals surface area contributed by atoms with Crippen molar-refractivity contribution in [3.63, 3.8) is 0 Å². The highest BCUT2D eigenvalue weighted by Crippen LogP contribution is 2.29. The molecule has 5 nitrogen and oxygen atoms in total. The molecule has 0 aromatic heterocycles. The second kappa shape index (κ2) is 4.27. The Morgan fingerprint density at radius 1 is 1.29 bits per heavy atom. The van der Waals surface area contributed by atoms with E-state index >= 15 is 0 Å². The van der Waals surface area contributed by atoms with Crippen LogP contribution in [0.3, 0.4) is 0 Å². The van der Waals surface area contributed by atoms with Gasteiger partial charge in [-0.3, -0.25) is 0 Å². The van der Waals surface area contributed by atoms with Gasteiger partial charge in [0, 0.05) is 0 Å². The van der Waals surface area contributed by atoms with E-state index in [0.29, 0.717) is 12.4 Å². The van der Waals surface area contributed by atoms with Gasteiger partial charge in [0.1, 0.15) is 18.0 Å². The number of nitrogens with two attached hydrogens (primary N) is 1. The van der Waals surface area contributed by atoms with Crippen molar-refractivity contribution in [2.75, 3.05) is 6.61 Å². The Hall–Kier alpha value is -1.14. The molecule has 17 heavy (non-hydrogen) atoms. The van der Waals surface area contributed by atoms with Crippen molar-refractivity contribution in [3.8, 4) is 5.75 Å². The van der Waals surface area contributed by atoms with Gasteiger partial charge in [0.25, 0.3) is 0 Å². The molecule has 2 aliphatic heterocycles. The summed E-state index contributed by atoms with van der Waals surface area (Å²) in [5.74, 6) is 0.668. The lowest BCUT2D eigenvalue weighted by molar-refractivity contribution is -0.189. The van der Waals surface area contributed by atoms with Crippen LogP contribution in [0.4, 0.5) is 0 Å². The molecule has 2 heterocycles. The lowest BCUT2D eigenvalue weighted by Gasteiger charge is -2.36. The van der Waals surface area contributed by atoms with Crippen LogP contribution in [0.15, 0.2) is 30.3 Å². The Morgan fingerprint density at radius 2 is 2.06 bits per heavy atom. The topological polar surface area (TPSA) is 73.9 Å². The Bertz CT molecular complexity index is 385. The third kappa shape index (κ3) is 1.91. The predicted octanol–water partition coefficient (Wildman–Crippen LogP) is -0.123. The molecule has 3 N–H and O–H groups in total. The van der Waals surface area contributed by atoms with Gasteiger partial charge in [0.2, 0.25) is 0 Å². The molecule has 2 fully saturated rings. The zero-order valence-corrected chi connectivity index (χ0v) is 9.23. The van der Waals surface area contributed by atoms with E-state index in [2.05, 4.69) is 0 Å². The zero-order chi connectivity index (χ0) is 11.8. The van der Waals surface area contributed by atoms with Gasteiger partial charge in [0.15, 0.2) is 12.4 Å². The van der Waals surface area contributed by atoms with Crippen molar-refractivity contribution in [2.24, 2.45) is 5.73 Å². The molecule has 2 saturated heterocycles. The minimum atomic E-state index is -0.776. The average molecular weight is 237 g/mol. The molecule has 0 aliphatic carbocycles. The van der Waals surface area contributed by atoms with Crippen LogP contribution in [-0.4, -0.2) is 42.4 Å². The molecule has 92 valence electrons. The van der Waals surface area contributed by atoms with Gasteiger partial charge < -0.3 is 25.1 Å². The molecule has 0 saturated carbocycles. The minimum absolute atomic E-state index is 0.231. The molecule has 5 heteroatoms. The first-order chi connectivity index (χ1) is 8.25. The number of ether oxygens (including phenoxy) is 3. The third-order valence-electron chi connectivity index (χ3n) is 3.18. The lowest BCUT2D eigenvalue weighted by atomic mass is 9.99. The summed E-state index contributed by atoms with van der Waals surface area (Å²) in [5, 5.41) is 10.1. The van der Waals surface area contributed by atoms with Crippen molar-refractivity contribution >= 4 is 0 Å². The first-order valence-electron chi connectivity index (χ1n) is 5.68. The summed E-state index contributed by atoms with van der Waals surface area (Å²) in [6, 6.07) is 8.79. The molecule has 1 aromatic rings. The Kier molecular flexibility index (Phi) is 2.76. The number of hydrogen-bond acceptors (Lipinski definition) is 5. The number of rotatable bonds is 2. The molecule has 0 amide bonds. The van der Waals surface area contributed by atoms with E-state index in [9.17, 15) is 5.11 Å². The fourth-order valence-electron chi connectivity index (χ4n) is 2.20. The largest absolute Gasteiger partial charge is 0.482 e. The van der Waals surface area contributed by atoms with Crippen molar-refractivity contribution in [1.29, 1.82) is 0 Å². The summed E-state index contributed by atoms with van der Waals surface area (Å²) < 4.78 is 16.6. The molecule has 0 unspecified atom stereocenters. The second-order valence-corrected chi connectivity index (χ2v) is 4.34. The fraction of sp³-hybridized carbons (Fsp3) is 0.500. The normalized spacial score (nSPS) is 40.2. The van der Waals surface area contributed by atoms with Crippen LogP contribution < -0.4 is 10.5 Å². The molecule has 2 aliphatic rings. The lowest BCUT2D eigenvalue weighted by Crippen LogP contribution is -2.59. The third-order valence-corrected chi connectivity index (χ3v) is 3.18. The molecule has 0 radical (unpaired) electrons. The van der Waals surface area contributed by atoms with Crippen LogP contribution in [0.2, 0.25) is 0 Å². The molecule has 0 spiro atoms. The van der Waals surface area contributed by atoms with Crippen molar-refractivity contribution in [3.05, 3.63) is 30.3 Å². The van der Waals surface area contributed by atoms with Gasteiger partial charge in [-0.2, -0.15) is 0 Å². The number of aliphatic hydroxyl groups excluding tert-OH is 1. The van der Waals surface area contributed by atoms with Crippen LogP contribution in [-0.2, 0) is 9.47 Å². The predicted molar refractivity (Wildman–Crippen MR) is 59.5 cm³/mol. The van der Waals surface area contributed by atoms with Gasteiger partial charge in [-0.25, -0.2) is 0 Å². The standard InChI is InChI=1S/C12H15NO4/c13-9-8-6-15-12(17-8)11(10(9)14)16-7-4-2-1-3-5-7/h1-5,8-12,14H,6,13H2/t8-,9-,10+,11-,12-/m1/s1. The van der Waals surface area contributed by atoms with E-state index < -0.39 is 24.5 Å². The first-order valence-corrected chi connectivity index (χ1v) is 5.68. The molecule has 5 atom stereocenters. The van der Waals surface area contributed by atoms with E-state index in [1.807, 2.05) is 30.3 Å². The second-order valence-electron chi connectivity index (χ2n) is 4.34. The van der Waals surface area contributed by atoms with E-state index in [-0.39, 0.29) is 6.10 Å². The van der Waals surface area contributed by atoms with Crippen LogP contribution >= 0.6 is 0 Å². The number of fused-ring (bicyclic) bond motifs is 2. The Labute approximate surface area is 99.1 Å². The quantitative estimate of drug-likeness (QED) is 0.750. The number of para-hydroxylation sites is 1. The zero-order valence-electron chi connectivity index (χ0n) is 9.23. The summed E-state index contributed by atoms with van der Waals surface area (Å²) in [6.45, 7) is 0.414. The fourth-order valence-corrected chi connectivity index (χ4v) is 2.20. The Morgan fingerprint density at radius 3 is 2.82 bits per heavy atom. The van der Waals surface area contributed by atoms with Crippen LogP contribution in [0, 0.1) is 0 Å². The summed E-state index contributed by atoms with van der Waals surface area (Å²) in [4.78, 5) is 0. The maximum atomic E-state index is 10.1.